The van der Waals surface area contributed by atoms with Gasteiger partial charge in [0, 0.05) is 12.1 Å². The predicted molar refractivity (Wildman–Crippen MR) is 202 cm³/mol. The van der Waals surface area contributed by atoms with Gasteiger partial charge in [-0.15, -0.1) is 0 Å². The molecule has 254 valence electrons. The highest BCUT2D eigenvalue weighted by atomic mass is 28.4. The Morgan fingerprint density at radius 2 is 0.889 bits per heavy atom. The third-order valence-corrected chi connectivity index (χ3v) is 20.9. The molecule has 0 atom stereocenters. The van der Waals surface area contributed by atoms with E-state index in [0.717, 1.165) is 58.6 Å². The molecule has 0 amide bonds. The fourth-order valence-corrected chi connectivity index (χ4v) is 17.4. The molecule has 0 heterocycles. The highest BCUT2D eigenvalue weighted by Gasteiger charge is 2.37. The predicted octanol–water partition coefficient (Wildman–Crippen LogP) is 9.42. The van der Waals surface area contributed by atoms with Gasteiger partial charge in [0.2, 0.25) is 0 Å². The second kappa shape index (κ2) is 19.4. The lowest BCUT2D eigenvalue weighted by atomic mass is 10.2. The number of rotatable bonds is 24. The molecule has 0 N–H and O–H groups in total. The number of benzene rings is 2. The molecular weight excluding hydrogens is 609 g/mol. The molecule has 0 fully saturated rings. The average molecular weight is 675 g/mol. The first-order valence-electron chi connectivity index (χ1n) is 17.5. The van der Waals surface area contributed by atoms with Crippen LogP contribution in [0.1, 0.15) is 66.2 Å². The van der Waals surface area contributed by atoms with Crippen molar-refractivity contribution in [1.29, 1.82) is 0 Å². The Morgan fingerprint density at radius 3 is 1.20 bits per heavy atom. The van der Waals surface area contributed by atoms with E-state index in [0.29, 0.717) is 0 Å². The van der Waals surface area contributed by atoms with Crippen molar-refractivity contribution >= 4 is 38.0 Å². The van der Waals surface area contributed by atoms with Crippen LogP contribution in [0.25, 0.3) is 0 Å². The van der Waals surface area contributed by atoms with Gasteiger partial charge in [-0.25, -0.2) is 0 Å². The van der Waals surface area contributed by atoms with E-state index in [2.05, 4.69) is 119 Å². The van der Waals surface area contributed by atoms with Crippen molar-refractivity contribution in [3.63, 3.8) is 0 Å². The van der Waals surface area contributed by atoms with Gasteiger partial charge in [-0.05, 0) is 73.4 Å². The summed E-state index contributed by atoms with van der Waals surface area (Å²) in [4.78, 5) is 0. The largest absolute Gasteiger partial charge is 0.493 e. The molecule has 2 radical (unpaired) electrons. The molecule has 2 aromatic rings. The molecule has 0 aliphatic rings. The van der Waals surface area contributed by atoms with Crippen LogP contribution in [-0.4, -0.2) is 82.1 Å². The van der Waals surface area contributed by atoms with E-state index < -0.39 is 16.6 Å². The van der Waals surface area contributed by atoms with Crippen molar-refractivity contribution in [2.45, 2.75) is 102 Å². The number of ether oxygens (including phenoxy) is 2. The first kappa shape index (κ1) is 39.7. The summed E-state index contributed by atoms with van der Waals surface area (Å²) in [5.41, 5.74) is 2.50. The minimum Gasteiger partial charge on any atom is -0.493 e. The monoisotopic (exact) mass is 674 g/mol. The maximum atomic E-state index is 6.98. The van der Waals surface area contributed by atoms with Gasteiger partial charge in [0.25, 0.3) is 0 Å². The van der Waals surface area contributed by atoms with Gasteiger partial charge < -0.3 is 17.7 Å². The third-order valence-electron chi connectivity index (χ3n) is 8.61. The molecule has 45 heavy (non-hydrogen) atoms. The van der Waals surface area contributed by atoms with Gasteiger partial charge in [-0.1, -0.05) is 65.5 Å². The van der Waals surface area contributed by atoms with Gasteiger partial charge in [-0.2, -0.15) is 0 Å². The van der Waals surface area contributed by atoms with Crippen molar-refractivity contribution in [3.05, 3.63) is 48.5 Å². The van der Waals surface area contributed by atoms with Crippen LogP contribution < -0.4 is 18.4 Å². The van der Waals surface area contributed by atoms with E-state index in [1.807, 2.05) is 0 Å². The van der Waals surface area contributed by atoms with Crippen LogP contribution in [0, 0.1) is 0 Å². The fourth-order valence-electron chi connectivity index (χ4n) is 6.23. The van der Waals surface area contributed by atoms with Gasteiger partial charge in [-0.3, -0.25) is 8.97 Å². The van der Waals surface area contributed by atoms with Crippen LogP contribution in [-0.2, 0) is 8.23 Å². The fraction of sp³-hybridized carbons (Fsp3) is 0.667. The number of hydrogen-bond acceptors (Lipinski definition) is 4. The van der Waals surface area contributed by atoms with Gasteiger partial charge >= 0.3 is 10.0 Å². The Kier molecular flexibility index (Phi) is 17.1. The first-order chi connectivity index (χ1) is 21.3. The van der Waals surface area contributed by atoms with Gasteiger partial charge in [0.1, 0.15) is 22.9 Å². The Bertz CT molecular complexity index is 1010. The summed E-state index contributed by atoms with van der Waals surface area (Å²) in [6.45, 7) is 10.7. The van der Waals surface area contributed by atoms with Crippen LogP contribution in [0.3, 0.4) is 0 Å². The van der Waals surface area contributed by atoms with Crippen LogP contribution in [0.15, 0.2) is 48.5 Å². The standard InChI is InChI=1S/C36H66N2O4Si3/c1-11-25-44(26-12-2,29-17-23-39-35-21-15-19-33(31-35)37(5,6)7)41-43-42-45(27-13-3,28-14-4)30-18-24-40-36-22-16-20-34(32-36)38(8,9)10/h15-16,19-22,31-32H,11-14,17-18,23-30H2,1-10H3/q+2. The molecule has 0 bridgehead atoms. The zero-order valence-electron chi connectivity index (χ0n) is 30.5. The number of quaternary nitrogens is 2. The molecule has 2 aromatic carbocycles. The molecule has 0 aliphatic carbocycles. The summed E-state index contributed by atoms with van der Waals surface area (Å²) in [5.74, 6) is 1.93. The second-order valence-electron chi connectivity index (χ2n) is 14.6. The molecular formula is C36H66N2O4Si3+2. The van der Waals surface area contributed by atoms with E-state index in [9.17, 15) is 0 Å². The lowest BCUT2D eigenvalue weighted by Gasteiger charge is -2.35. The SMILES string of the molecule is CCC[Si](CCC)(CCCOc1cccc([N+](C)(C)C)c1)O[Si]O[Si](CCC)(CCC)CCCOc1cccc([N+](C)(C)C)c1. The zero-order valence-corrected chi connectivity index (χ0v) is 33.5. The molecule has 6 nitrogen and oxygen atoms in total. The minimum atomic E-state index is -1.92. The quantitative estimate of drug-likeness (QED) is 0.0632. The Morgan fingerprint density at radius 1 is 0.533 bits per heavy atom. The van der Waals surface area contributed by atoms with Gasteiger partial charge in [0.15, 0.2) is 16.6 Å². The van der Waals surface area contributed by atoms with E-state index in [4.69, 9.17) is 17.7 Å². The van der Waals surface area contributed by atoms with E-state index in [1.54, 1.807) is 0 Å². The summed E-state index contributed by atoms with van der Waals surface area (Å²) in [5, 5.41) is 0. The highest BCUT2D eigenvalue weighted by molar-refractivity contribution is 6.80. The topological polar surface area (TPSA) is 36.9 Å². The summed E-state index contributed by atoms with van der Waals surface area (Å²) < 4.78 is 28.0. The molecule has 9 heteroatoms. The van der Waals surface area contributed by atoms with Crippen LogP contribution in [0.2, 0.25) is 36.3 Å². The highest BCUT2D eigenvalue weighted by Crippen LogP contribution is 2.32. The molecule has 0 aromatic heterocycles. The first-order valence-corrected chi connectivity index (χ1v) is 23.4. The minimum absolute atomic E-state index is 0.165. The van der Waals surface area contributed by atoms with Crippen molar-refractivity contribution in [2.75, 3.05) is 55.5 Å². The number of nitrogens with zero attached hydrogens (tertiary/aromatic N) is 2. The lowest BCUT2D eigenvalue weighted by Crippen LogP contribution is -2.45. The van der Waals surface area contributed by atoms with Gasteiger partial charge in [0.05, 0.1) is 55.5 Å². The Hall–Kier alpha value is -1.47. The van der Waals surface area contributed by atoms with Crippen molar-refractivity contribution in [1.82, 2.24) is 8.97 Å². The Labute approximate surface area is 281 Å². The third kappa shape index (κ3) is 14.0. The van der Waals surface area contributed by atoms with E-state index >= 15 is 0 Å². The molecule has 0 aliphatic heterocycles. The summed E-state index contributed by atoms with van der Waals surface area (Å²) in [7, 11) is 9.45. The maximum Gasteiger partial charge on any atom is 0.410 e. The molecule has 0 saturated carbocycles. The normalized spacial score (nSPS) is 12.8. The average Bonchev–Trinajstić information content (AvgIpc) is 2.98. The van der Waals surface area contributed by atoms with Crippen molar-refractivity contribution in [3.8, 4) is 11.5 Å². The van der Waals surface area contributed by atoms with E-state index in [-0.39, 0.29) is 10.0 Å². The van der Waals surface area contributed by atoms with Crippen molar-refractivity contribution in [2.24, 2.45) is 0 Å². The Balaban J connectivity index is 1.99. The number of hydrogen-bond donors (Lipinski definition) is 0. The second-order valence-corrected chi connectivity index (χ2v) is 24.1. The summed E-state index contributed by atoms with van der Waals surface area (Å²) in [6, 6.07) is 24.1. The van der Waals surface area contributed by atoms with Crippen LogP contribution in [0.4, 0.5) is 11.4 Å². The van der Waals surface area contributed by atoms with Crippen LogP contribution >= 0.6 is 0 Å². The maximum absolute atomic E-state index is 6.98. The lowest BCUT2D eigenvalue weighted by molar-refractivity contribution is 0.311. The van der Waals surface area contributed by atoms with Crippen molar-refractivity contribution < 1.29 is 17.7 Å². The smallest absolute Gasteiger partial charge is 0.410 e. The zero-order chi connectivity index (χ0) is 33.4. The summed E-state index contributed by atoms with van der Waals surface area (Å²) in [6.07, 6.45) is 6.74. The van der Waals surface area contributed by atoms with E-state index in [1.165, 1.54) is 61.2 Å². The van der Waals surface area contributed by atoms with Crippen LogP contribution in [0.5, 0.6) is 11.5 Å². The molecule has 0 saturated heterocycles. The summed E-state index contributed by atoms with van der Waals surface area (Å²) >= 11 is 0. The molecule has 0 unspecified atom stereocenters. The molecule has 0 spiro atoms. The molecule has 2 rings (SSSR count).